The van der Waals surface area contributed by atoms with Crippen molar-refractivity contribution in [3.63, 3.8) is 0 Å². The molecule has 3 atom stereocenters. The molecule has 3 unspecified atom stereocenters. The molecule has 0 aromatic heterocycles. The van der Waals surface area contributed by atoms with Crippen LogP contribution in [0.25, 0.3) is 0 Å². The maximum absolute atomic E-state index is 11.1. The summed E-state index contributed by atoms with van der Waals surface area (Å²) in [6, 6.07) is 6.29. The van der Waals surface area contributed by atoms with Gasteiger partial charge in [-0.1, -0.05) is 19.9 Å². The third-order valence-corrected chi connectivity index (χ3v) is 5.58. The first kappa shape index (κ1) is 14.6. The molecular formula is C18H25NO2. The lowest BCUT2D eigenvalue weighted by Crippen LogP contribution is -2.43. The lowest BCUT2D eigenvalue weighted by molar-refractivity contribution is 0.0696. The molecule has 3 rings (SSSR count). The van der Waals surface area contributed by atoms with Gasteiger partial charge in [-0.25, -0.2) is 4.79 Å². The van der Waals surface area contributed by atoms with Crippen LogP contribution >= 0.6 is 0 Å². The normalized spacial score (nSPS) is 29.9. The van der Waals surface area contributed by atoms with Crippen molar-refractivity contribution in [2.75, 3.05) is 6.54 Å². The third-order valence-electron chi connectivity index (χ3n) is 5.58. The molecule has 0 saturated heterocycles. The number of rotatable bonds is 2. The average molecular weight is 287 g/mol. The van der Waals surface area contributed by atoms with E-state index in [4.69, 9.17) is 5.11 Å². The Hall–Kier alpha value is -1.35. The van der Waals surface area contributed by atoms with Crippen molar-refractivity contribution in [3.8, 4) is 0 Å². The minimum absolute atomic E-state index is 0.418. The van der Waals surface area contributed by atoms with Crippen LogP contribution in [0.1, 0.15) is 54.6 Å². The van der Waals surface area contributed by atoms with Crippen LogP contribution in [0, 0.1) is 11.8 Å². The predicted molar refractivity (Wildman–Crippen MR) is 83.5 cm³/mol. The maximum atomic E-state index is 11.1. The number of carbonyl (C=O) groups is 1. The van der Waals surface area contributed by atoms with E-state index < -0.39 is 5.97 Å². The van der Waals surface area contributed by atoms with Crippen LogP contribution in [0.15, 0.2) is 18.2 Å². The molecule has 0 amide bonds. The van der Waals surface area contributed by atoms with Crippen molar-refractivity contribution in [2.24, 2.45) is 11.8 Å². The summed E-state index contributed by atoms with van der Waals surface area (Å²) in [6.07, 6.45) is 4.95. The van der Waals surface area contributed by atoms with Gasteiger partial charge in [-0.15, -0.1) is 0 Å². The van der Waals surface area contributed by atoms with Crippen molar-refractivity contribution in [2.45, 2.75) is 52.1 Å². The number of benzene rings is 1. The zero-order chi connectivity index (χ0) is 15.0. The molecule has 1 saturated carbocycles. The molecule has 3 nitrogen and oxygen atoms in total. The third kappa shape index (κ3) is 2.98. The number of carboxylic acids is 1. The second-order valence-electron chi connectivity index (χ2n) is 6.93. The van der Waals surface area contributed by atoms with Crippen LogP contribution in [-0.4, -0.2) is 28.6 Å². The quantitative estimate of drug-likeness (QED) is 0.904. The lowest BCUT2D eigenvalue weighted by atomic mass is 9.78. The Labute approximate surface area is 127 Å². The van der Waals surface area contributed by atoms with Gasteiger partial charge in [-0.05, 0) is 60.8 Å². The van der Waals surface area contributed by atoms with E-state index in [-0.39, 0.29) is 0 Å². The first-order chi connectivity index (χ1) is 10.0. The summed E-state index contributed by atoms with van der Waals surface area (Å²) < 4.78 is 0. The molecule has 1 N–H and O–H groups in total. The Morgan fingerprint density at radius 3 is 2.71 bits per heavy atom. The van der Waals surface area contributed by atoms with Crippen molar-refractivity contribution in [1.29, 1.82) is 0 Å². The second-order valence-corrected chi connectivity index (χ2v) is 6.93. The van der Waals surface area contributed by atoms with E-state index in [0.29, 0.717) is 11.6 Å². The van der Waals surface area contributed by atoms with Crippen LogP contribution in [0.5, 0.6) is 0 Å². The summed E-state index contributed by atoms with van der Waals surface area (Å²) in [5.74, 6) is 0.822. The zero-order valence-electron chi connectivity index (χ0n) is 13.0. The van der Waals surface area contributed by atoms with E-state index in [1.807, 2.05) is 12.1 Å². The smallest absolute Gasteiger partial charge is 0.335 e. The topological polar surface area (TPSA) is 40.5 Å². The van der Waals surface area contributed by atoms with Gasteiger partial charge in [-0.2, -0.15) is 0 Å². The van der Waals surface area contributed by atoms with E-state index in [2.05, 4.69) is 18.7 Å². The van der Waals surface area contributed by atoms with E-state index in [1.165, 1.54) is 30.4 Å². The molecule has 21 heavy (non-hydrogen) atoms. The fraction of sp³-hybridized carbons (Fsp3) is 0.611. The number of aromatic carboxylic acids is 1. The fourth-order valence-electron chi connectivity index (χ4n) is 3.87. The van der Waals surface area contributed by atoms with Gasteiger partial charge in [0.2, 0.25) is 0 Å². The number of nitrogens with zero attached hydrogens (tertiary/aromatic N) is 1. The first-order valence-electron chi connectivity index (χ1n) is 8.13. The Morgan fingerprint density at radius 1 is 1.19 bits per heavy atom. The molecule has 1 aliphatic carbocycles. The Balaban J connectivity index is 1.74. The highest BCUT2D eigenvalue weighted by Crippen LogP contribution is 2.34. The highest BCUT2D eigenvalue weighted by molar-refractivity contribution is 5.87. The van der Waals surface area contributed by atoms with Gasteiger partial charge in [-0.3, -0.25) is 4.90 Å². The van der Waals surface area contributed by atoms with Crippen molar-refractivity contribution in [3.05, 3.63) is 34.9 Å². The van der Waals surface area contributed by atoms with Gasteiger partial charge < -0.3 is 5.11 Å². The molecule has 1 aromatic carbocycles. The molecule has 0 radical (unpaired) electrons. The molecule has 1 aromatic rings. The molecule has 0 spiro atoms. The Bertz CT molecular complexity index is 540. The van der Waals surface area contributed by atoms with E-state index >= 15 is 0 Å². The molecule has 0 bridgehead atoms. The Morgan fingerprint density at radius 2 is 2.00 bits per heavy atom. The van der Waals surface area contributed by atoms with E-state index in [1.54, 1.807) is 6.07 Å². The number of carboxylic acid groups (broad SMARTS) is 1. The van der Waals surface area contributed by atoms with Crippen molar-refractivity contribution in [1.82, 2.24) is 4.90 Å². The molecule has 114 valence electrons. The minimum Gasteiger partial charge on any atom is -0.478 e. The van der Waals surface area contributed by atoms with Crippen LogP contribution < -0.4 is 0 Å². The molecule has 1 aliphatic heterocycles. The lowest BCUT2D eigenvalue weighted by Gasteiger charge is -2.41. The van der Waals surface area contributed by atoms with Crippen molar-refractivity contribution < 1.29 is 9.90 Å². The van der Waals surface area contributed by atoms with Crippen LogP contribution in [0.4, 0.5) is 0 Å². The maximum Gasteiger partial charge on any atom is 0.335 e. The fourth-order valence-corrected chi connectivity index (χ4v) is 3.87. The van der Waals surface area contributed by atoms with Gasteiger partial charge in [0.05, 0.1) is 5.56 Å². The summed E-state index contributed by atoms with van der Waals surface area (Å²) >= 11 is 0. The Kier molecular flexibility index (Phi) is 4.03. The van der Waals surface area contributed by atoms with E-state index in [9.17, 15) is 4.79 Å². The first-order valence-corrected chi connectivity index (χ1v) is 8.13. The molecule has 2 aliphatic rings. The van der Waals surface area contributed by atoms with Crippen LogP contribution in [-0.2, 0) is 13.0 Å². The molecule has 3 heteroatoms. The monoisotopic (exact) mass is 287 g/mol. The largest absolute Gasteiger partial charge is 0.478 e. The summed E-state index contributed by atoms with van der Waals surface area (Å²) in [4.78, 5) is 13.7. The van der Waals surface area contributed by atoms with E-state index in [0.717, 1.165) is 31.3 Å². The molecular weight excluding hydrogens is 262 g/mol. The van der Waals surface area contributed by atoms with Gasteiger partial charge in [0.15, 0.2) is 0 Å². The van der Waals surface area contributed by atoms with Gasteiger partial charge >= 0.3 is 5.97 Å². The highest BCUT2D eigenvalue weighted by Gasteiger charge is 2.30. The number of fused-ring (bicyclic) bond motifs is 1. The highest BCUT2D eigenvalue weighted by atomic mass is 16.4. The molecule has 1 heterocycles. The summed E-state index contributed by atoms with van der Waals surface area (Å²) in [5, 5.41) is 9.15. The van der Waals surface area contributed by atoms with Crippen molar-refractivity contribution >= 4 is 5.97 Å². The second kappa shape index (κ2) is 5.80. The van der Waals surface area contributed by atoms with Gasteiger partial charge in [0.1, 0.15) is 0 Å². The summed E-state index contributed by atoms with van der Waals surface area (Å²) in [6.45, 7) is 6.77. The number of hydrogen-bond donors (Lipinski definition) is 1. The van der Waals surface area contributed by atoms with Gasteiger partial charge in [0.25, 0.3) is 0 Å². The van der Waals surface area contributed by atoms with Crippen LogP contribution in [0.3, 0.4) is 0 Å². The molecule has 1 fully saturated rings. The van der Waals surface area contributed by atoms with Crippen LogP contribution in [0.2, 0.25) is 0 Å². The van der Waals surface area contributed by atoms with Gasteiger partial charge in [0, 0.05) is 19.1 Å². The minimum atomic E-state index is -0.824. The summed E-state index contributed by atoms with van der Waals surface area (Å²) in [5.41, 5.74) is 2.96. The predicted octanol–water partition coefficient (Wildman–Crippen LogP) is 3.57. The SMILES string of the molecule is CC1CCC(N2CCc3ccc(C(=O)O)cc3C2)CC1C. The standard InChI is InChI=1S/C18H25NO2/c1-12-3-6-17(9-13(12)2)19-8-7-14-4-5-15(18(20)21)10-16(14)11-19/h4-5,10,12-13,17H,3,6-9,11H2,1-2H3,(H,20,21). The average Bonchev–Trinajstić information content (AvgIpc) is 2.49. The zero-order valence-corrected chi connectivity index (χ0v) is 13.0. The number of hydrogen-bond acceptors (Lipinski definition) is 2. The summed E-state index contributed by atoms with van der Waals surface area (Å²) in [7, 11) is 0.